The van der Waals surface area contributed by atoms with Gasteiger partial charge in [-0.3, -0.25) is 4.68 Å². The van der Waals surface area contributed by atoms with Gasteiger partial charge in [-0.05, 0) is 30.9 Å². The first-order chi connectivity index (χ1) is 14.9. The van der Waals surface area contributed by atoms with Gasteiger partial charge in [-0.25, -0.2) is 9.78 Å². The molecule has 14 heteroatoms. The van der Waals surface area contributed by atoms with Crippen LogP contribution in [0.5, 0.6) is 0 Å². The Hall–Kier alpha value is -2.90. The molecule has 1 atom stereocenters. The third-order valence-corrected chi connectivity index (χ3v) is 4.56. The van der Waals surface area contributed by atoms with E-state index >= 15 is 0 Å². The molecule has 32 heavy (non-hydrogen) atoms. The second kappa shape index (κ2) is 10.6. The maximum Gasteiger partial charge on any atom is 0.490 e. The first-order valence-electron chi connectivity index (χ1n) is 9.48. The summed E-state index contributed by atoms with van der Waals surface area (Å²) in [7, 11) is 0. The smallest absolute Gasteiger partial charge is 0.475 e. The minimum Gasteiger partial charge on any atom is -0.475 e. The van der Waals surface area contributed by atoms with E-state index in [-0.39, 0.29) is 12.5 Å². The maximum atomic E-state index is 12.9. The minimum atomic E-state index is -5.08. The normalized spacial score (nSPS) is 17.0. The molecular formula is C18H21F6N5O3. The van der Waals surface area contributed by atoms with Crippen LogP contribution in [0.3, 0.4) is 0 Å². The SMILES string of the molecule is O=C(O)C(F)(F)F.OCCc1cn(CC2CCCN(c3cc(C(F)(F)F)ccn3)C2)nn1. The van der Waals surface area contributed by atoms with E-state index in [0.29, 0.717) is 31.9 Å². The van der Waals surface area contributed by atoms with Crippen LogP contribution in [0.2, 0.25) is 0 Å². The molecule has 1 aliphatic rings. The molecular weight excluding hydrogens is 448 g/mol. The summed E-state index contributed by atoms with van der Waals surface area (Å²) < 4.78 is 72.1. The molecule has 3 heterocycles. The summed E-state index contributed by atoms with van der Waals surface area (Å²) in [6.45, 7) is 1.99. The lowest BCUT2D eigenvalue weighted by molar-refractivity contribution is -0.192. The second-order valence-electron chi connectivity index (χ2n) is 7.06. The zero-order valence-electron chi connectivity index (χ0n) is 16.6. The van der Waals surface area contributed by atoms with E-state index in [9.17, 15) is 26.3 Å². The Morgan fingerprint density at radius 2 is 1.91 bits per heavy atom. The molecule has 0 aliphatic carbocycles. The predicted octanol–water partition coefficient (Wildman–Crippen LogP) is 2.78. The number of aliphatic hydroxyl groups excluding tert-OH is 1. The van der Waals surface area contributed by atoms with Crippen LogP contribution in [-0.2, 0) is 23.9 Å². The standard InChI is InChI=1S/C16H20F3N5O.C2HF3O2/c17-16(18,19)13-3-5-20-15(8-13)23-6-1-2-12(9-23)10-24-11-14(4-7-25)21-22-24;3-2(4,5)1(6)7/h3,5,8,11-12,25H,1-2,4,6-7,9-10H2;(H,6,7). The van der Waals surface area contributed by atoms with E-state index in [0.717, 1.165) is 30.7 Å². The predicted molar refractivity (Wildman–Crippen MR) is 98.7 cm³/mol. The molecule has 2 aromatic rings. The number of anilines is 1. The molecule has 1 saturated heterocycles. The molecule has 0 saturated carbocycles. The highest BCUT2D eigenvalue weighted by Gasteiger charge is 2.38. The van der Waals surface area contributed by atoms with Gasteiger partial charge in [-0.15, -0.1) is 5.10 Å². The topological polar surface area (TPSA) is 104 Å². The minimum absolute atomic E-state index is 0.0249. The molecule has 1 fully saturated rings. The molecule has 0 radical (unpaired) electrons. The van der Waals surface area contributed by atoms with Crippen molar-refractivity contribution in [1.82, 2.24) is 20.0 Å². The Bertz CT molecular complexity index is 886. The number of alkyl halides is 6. The molecule has 0 spiro atoms. The molecule has 178 valence electrons. The van der Waals surface area contributed by atoms with Crippen LogP contribution in [0.15, 0.2) is 24.5 Å². The number of halogens is 6. The lowest BCUT2D eigenvalue weighted by Crippen LogP contribution is -2.37. The van der Waals surface area contributed by atoms with E-state index < -0.39 is 23.9 Å². The largest absolute Gasteiger partial charge is 0.490 e. The fourth-order valence-corrected chi connectivity index (χ4v) is 3.11. The highest BCUT2D eigenvalue weighted by Crippen LogP contribution is 2.31. The molecule has 1 unspecified atom stereocenters. The molecule has 3 rings (SSSR count). The summed E-state index contributed by atoms with van der Waals surface area (Å²) in [6, 6.07) is 2.10. The van der Waals surface area contributed by atoms with Crippen LogP contribution in [0.25, 0.3) is 0 Å². The lowest BCUT2D eigenvalue weighted by atomic mass is 9.98. The quantitative estimate of drug-likeness (QED) is 0.649. The van der Waals surface area contributed by atoms with Gasteiger partial charge in [-0.2, -0.15) is 26.3 Å². The van der Waals surface area contributed by atoms with Crippen molar-refractivity contribution in [1.29, 1.82) is 0 Å². The van der Waals surface area contributed by atoms with Gasteiger partial charge in [0.1, 0.15) is 5.82 Å². The monoisotopic (exact) mass is 469 g/mol. The van der Waals surface area contributed by atoms with Gasteiger partial charge in [-0.1, -0.05) is 5.21 Å². The lowest BCUT2D eigenvalue weighted by Gasteiger charge is -2.33. The number of hydrogen-bond acceptors (Lipinski definition) is 6. The number of aliphatic carboxylic acids is 1. The van der Waals surface area contributed by atoms with Crippen molar-refractivity contribution in [3.63, 3.8) is 0 Å². The van der Waals surface area contributed by atoms with Crippen LogP contribution in [-0.4, -0.2) is 62.0 Å². The Kier molecular flexibility index (Phi) is 8.41. The average Bonchev–Trinajstić information content (AvgIpc) is 3.14. The molecule has 2 N–H and O–H groups in total. The van der Waals surface area contributed by atoms with Gasteiger partial charge in [0, 0.05) is 45.1 Å². The summed E-state index contributed by atoms with van der Waals surface area (Å²) in [5.41, 5.74) is 0.0549. The summed E-state index contributed by atoms with van der Waals surface area (Å²) in [4.78, 5) is 14.9. The van der Waals surface area contributed by atoms with Crippen molar-refractivity contribution in [2.75, 3.05) is 24.6 Å². The van der Waals surface area contributed by atoms with Crippen LogP contribution >= 0.6 is 0 Å². The number of nitrogens with zero attached hydrogens (tertiary/aromatic N) is 5. The van der Waals surface area contributed by atoms with E-state index in [4.69, 9.17) is 15.0 Å². The highest BCUT2D eigenvalue weighted by molar-refractivity contribution is 5.73. The molecule has 0 aromatic carbocycles. The van der Waals surface area contributed by atoms with Crippen LogP contribution < -0.4 is 4.90 Å². The van der Waals surface area contributed by atoms with E-state index in [1.54, 1.807) is 10.9 Å². The fourth-order valence-electron chi connectivity index (χ4n) is 3.11. The molecule has 0 bridgehead atoms. The first-order valence-corrected chi connectivity index (χ1v) is 9.48. The van der Waals surface area contributed by atoms with Gasteiger partial charge >= 0.3 is 18.3 Å². The van der Waals surface area contributed by atoms with Crippen molar-refractivity contribution < 1.29 is 41.4 Å². The number of aromatic nitrogens is 4. The van der Waals surface area contributed by atoms with Crippen molar-refractivity contribution in [3.05, 3.63) is 35.8 Å². The first kappa shape index (κ1) is 25.4. The number of rotatable bonds is 5. The number of hydrogen-bond donors (Lipinski definition) is 2. The van der Waals surface area contributed by atoms with Gasteiger partial charge in [0.2, 0.25) is 0 Å². The van der Waals surface area contributed by atoms with Crippen molar-refractivity contribution in [2.45, 2.75) is 38.2 Å². The molecule has 0 amide bonds. The van der Waals surface area contributed by atoms with Crippen molar-refractivity contribution in [2.24, 2.45) is 5.92 Å². The van der Waals surface area contributed by atoms with Gasteiger partial charge in [0.15, 0.2) is 0 Å². The van der Waals surface area contributed by atoms with Crippen LogP contribution in [0.1, 0.15) is 24.1 Å². The summed E-state index contributed by atoms with van der Waals surface area (Å²) in [5.74, 6) is -2.14. The molecule has 8 nitrogen and oxygen atoms in total. The van der Waals surface area contributed by atoms with Crippen LogP contribution in [0.4, 0.5) is 32.2 Å². The van der Waals surface area contributed by atoms with Gasteiger partial charge < -0.3 is 15.1 Å². The van der Waals surface area contributed by atoms with E-state index in [1.165, 1.54) is 6.20 Å². The zero-order valence-corrected chi connectivity index (χ0v) is 16.6. The van der Waals surface area contributed by atoms with E-state index in [2.05, 4.69) is 15.3 Å². The Morgan fingerprint density at radius 3 is 2.50 bits per heavy atom. The summed E-state index contributed by atoms with van der Waals surface area (Å²) in [6.07, 6.45) is -4.11. The number of carboxylic acid groups (broad SMARTS) is 1. The van der Waals surface area contributed by atoms with E-state index in [1.807, 2.05) is 4.90 Å². The number of carboxylic acids is 1. The average molecular weight is 469 g/mol. The summed E-state index contributed by atoms with van der Waals surface area (Å²) in [5, 5.41) is 24.1. The van der Waals surface area contributed by atoms with Crippen LogP contribution in [0, 0.1) is 5.92 Å². The van der Waals surface area contributed by atoms with Crippen molar-refractivity contribution >= 4 is 11.8 Å². The fraction of sp³-hybridized carbons (Fsp3) is 0.556. The summed E-state index contributed by atoms with van der Waals surface area (Å²) >= 11 is 0. The number of carbonyl (C=O) groups is 1. The van der Waals surface area contributed by atoms with Gasteiger partial charge in [0.05, 0.1) is 11.3 Å². The third kappa shape index (κ3) is 7.66. The number of pyridine rings is 1. The Balaban J connectivity index is 0.000000451. The maximum absolute atomic E-state index is 12.9. The number of aliphatic hydroxyl groups is 1. The second-order valence-corrected chi connectivity index (χ2v) is 7.06. The number of piperidine rings is 1. The van der Waals surface area contributed by atoms with Crippen molar-refractivity contribution in [3.8, 4) is 0 Å². The Labute approximate surface area is 178 Å². The molecule has 1 aliphatic heterocycles. The molecule has 2 aromatic heterocycles. The Morgan fingerprint density at radius 1 is 1.22 bits per heavy atom. The third-order valence-electron chi connectivity index (χ3n) is 4.56. The zero-order chi connectivity index (χ0) is 23.9. The van der Waals surface area contributed by atoms with Gasteiger partial charge in [0.25, 0.3) is 0 Å². The highest BCUT2D eigenvalue weighted by atomic mass is 19.4.